The summed E-state index contributed by atoms with van der Waals surface area (Å²) in [6, 6.07) is 13.8. The van der Waals surface area contributed by atoms with Gasteiger partial charge in [-0.2, -0.15) is 0 Å². The first-order valence-corrected chi connectivity index (χ1v) is 15.7. The van der Waals surface area contributed by atoms with Crippen LogP contribution in [0.25, 0.3) is 0 Å². The number of β-amino-alcohol motifs (C(OH)–C–C–N with tert-alkyl or cyclic N) is 1. The minimum Gasteiger partial charge on any atom is -0.394 e. The van der Waals surface area contributed by atoms with Crippen LogP contribution in [0.1, 0.15) is 30.4 Å². The molecule has 0 spiro atoms. The molecule has 12 heteroatoms. The zero-order valence-corrected chi connectivity index (χ0v) is 26.8. The Morgan fingerprint density at radius 3 is 2.45 bits per heavy atom. The van der Waals surface area contributed by atoms with Crippen LogP contribution in [0.2, 0.25) is 0 Å². The molecule has 3 rings (SSSR count). The van der Waals surface area contributed by atoms with Gasteiger partial charge in [-0.05, 0) is 52.3 Å². The average molecular weight is 721 g/mol. The second-order valence-corrected chi connectivity index (χ2v) is 11.8. The van der Waals surface area contributed by atoms with Crippen molar-refractivity contribution >= 4 is 46.2 Å². The molecule has 2 aromatic carbocycles. The number of aliphatic hydroxyl groups is 2. The fourth-order valence-electron chi connectivity index (χ4n) is 4.97. The first-order chi connectivity index (χ1) is 21.2. The Bertz CT molecular complexity index is 1260. The van der Waals surface area contributed by atoms with Crippen LogP contribution in [0.3, 0.4) is 0 Å². The lowest BCUT2D eigenvalue weighted by Gasteiger charge is -2.30. The summed E-state index contributed by atoms with van der Waals surface area (Å²) in [6.45, 7) is 3.94. The Labute approximate surface area is 271 Å². The third-order valence-corrected chi connectivity index (χ3v) is 7.77. The van der Waals surface area contributed by atoms with E-state index in [9.17, 15) is 24.3 Å². The van der Waals surface area contributed by atoms with Crippen molar-refractivity contribution in [3.63, 3.8) is 0 Å². The lowest BCUT2D eigenvalue weighted by molar-refractivity contribution is -0.142. The highest BCUT2D eigenvalue weighted by Gasteiger charge is 2.42. The number of hydrogen-bond donors (Lipinski definition) is 5. The van der Waals surface area contributed by atoms with E-state index < -0.39 is 42.0 Å². The predicted molar refractivity (Wildman–Crippen MR) is 173 cm³/mol. The fraction of sp³-hybridized carbons (Fsp3) is 0.438. The lowest BCUT2D eigenvalue weighted by atomic mass is 10.0. The van der Waals surface area contributed by atoms with Gasteiger partial charge < -0.3 is 35.8 Å². The monoisotopic (exact) mass is 720 g/mol. The number of ether oxygens (including phenoxy) is 1. The maximum absolute atomic E-state index is 14.1. The van der Waals surface area contributed by atoms with Crippen LogP contribution in [0.5, 0.6) is 0 Å². The van der Waals surface area contributed by atoms with Crippen LogP contribution in [0.15, 0.2) is 67.3 Å². The molecule has 5 N–H and O–H groups in total. The normalized spacial score (nSPS) is 17.4. The van der Waals surface area contributed by atoms with Crippen molar-refractivity contribution in [3.8, 4) is 0 Å². The molecule has 44 heavy (non-hydrogen) atoms. The molecule has 4 amide bonds. The molecule has 0 aliphatic carbocycles. The van der Waals surface area contributed by atoms with Gasteiger partial charge in [0.15, 0.2) is 0 Å². The summed E-state index contributed by atoms with van der Waals surface area (Å²) in [6.07, 6.45) is 1.73. The summed E-state index contributed by atoms with van der Waals surface area (Å²) in [5.74, 6) is -1.81. The molecular formula is C32H41IN4O7. The Balaban J connectivity index is 1.83. The van der Waals surface area contributed by atoms with E-state index in [1.54, 1.807) is 6.08 Å². The topological polar surface area (TPSA) is 157 Å². The molecule has 0 aromatic heterocycles. The third-order valence-electron chi connectivity index (χ3n) is 7.10. The van der Waals surface area contributed by atoms with E-state index in [0.717, 1.165) is 14.7 Å². The summed E-state index contributed by atoms with van der Waals surface area (Å²) in [5.41, 5.74) is 1.63. The second-order valence-electron chi connectivity index (χ2n) is 10.6. The fourth-order valence-corrected chi connectivity index (χ4v) is 5.58. The van der Waals surface area contributed by atoms with Gasteiger partial charge >= 0.3 is 0 Å². The molecular weight excluding hydrogens is 679 g/mol. The minimum absolute atomic E-state index is 0.0506. The molecule has 4 atom stereocenters. The van der Waals surface area contributed by atoms with Gasteiger partial charge in [0.25, 0.3) is 0 Å². The van der Waals surface area contributed by atoms with Crippen molar-refractivity contribution in [1.82, 2.24) is 20.9 Å². The standard InChI is InChI=1S/C32H41IN4O7/c1-2-3-12-29(40)35-26(18-22-8-5-4-6-9-22)30(41)36-27(19-23-10-7-11-24(33)17-23)32(43)37-21-25(39)20-28(37)31(42)34-13-15-44-16-14-38/h2,4-11,17,25-28,38-39H,1,3,12-16,18-21H2,(H,34,42)(H,35,40)(H,36,41)/t25-,26+,27?,28+/m1/s1. The van der Waals surface area contributed by atoms with Crippen LogP contribution in [0, 0.1) is 3.57 Å². The number of carbonyl (C=O) groups excluding carboxylic acids is 4. The number of aliphatic hydroxyl groups excluding tert-OH is 2. The van der Waals surface area contributed by atoms with E-state index in [1.165, 1.54) is 4.90 Å². The van der Waals surface area contributed by atoms with E-state index in [-0.39, 0.29) is 64.5 Å². The Hall–Kier alpha value is -3.33. The van der Waals surface area contributed by atoms with E-state index in [2.05, 4.69) is 45.1 Å². The smallest absolute Gasteiger partial charge is 0.246 e. The SMILES string of the molecule is C=CCCC(=O)N[C@@H](Cc1ccccc1)C(=O)NC(Cc1cccc(I)c1)C(=O)N1C[C@H](O)C[C@H]1C(=O)NCCOCCO. The van der Waals surface area contributed by atoms with Gasteiger partial charge in [-0.25, -0.2) is 0 Å². The van der Waals surface area contributed by atoms with Crippen LogP contribution >= 0.6 is 22.6 Å². The van der Waals surface area contributed by atoms with Crippen molar-refractivity contribution in [1.29, 1.82) is 0 Å². The number of rotatable bonds is 17. The molecule has 1 aliphatic rings. The predicted octanol–water partition coefficient (Wildman–Crippen LogP) is 1.10. The first-order valence-electron chi connectivity index (χ1n) is 14.7. The number of allylic oxidation sites excluding steroid dienone is 1. The highest BCUT2D eigenvalue weighted by molar-refractivity contribution is 14.1. The molecule has 1 fully saturated rings. The molecule has 11 nitrogen and oxygen atoms in total. The second kappa shape index (κ2) is 18.5. The number of amides is 4. The Morgan fingerprint density at radius 1 is 1.02 bits per heavy atom. The number of likely N-dealkylation sites (tertiary alicyclic amines) is 1. The van der Waals surface area contributed by atoms with Crippen LogP contribution in [0.4, 0.5) is 0 Å². The summed E-state index contributed by atoms with van der Waals surface area (Å²) >= 11 is 2.17. The van der Waals surface area contributed by atoms with E-state index >= 15 is 0 Å². The van der Waals surface area contributed by atoms with Crippen LogP contribution in [-0.4, -0.2) is 95.9 Å². The molecule has 2 aromatic rings. The van der Waals surface area contributed by atoms with Gasteiger partial charge in [0.2, 0.25) is 23.6 Å². The molecule has 1 saturated heterocycles. The van der Waals surface area contributed by atoms with Gasteiger partial charge in [-0.15, -0.1) is 6.58 Å². The Morgan fingerprint density at radius 2 is 1.75 bits per heavy atom. The number of nitrogens with zero attached hydrogens (tertiary/aromatic N) is 1. The van der Waals surface area contributed by atoms with Gasteiger partial charge in [-0.1, -0.05) is 48.5 Å². The zero-order chi connectivity index (χ0) is 31.9. The van der Waals surface area contributed by atoms with Crippen molar-refractivity contribution in [2.45, 2.75) is 56.3 Å². The lowest BCUT2D eigenvalue weighted by Crippen LogP contribution is -2.57. The summed E-state index contributed by atoms with van der Waals surface area (Å²) in [7, 11) is 0. The number of hydrogen-bond acceptors (Lipinski definition) is 7. The third kappa shape index (κ3) is 11.3. The maximum atomic E-state index is 14.1. The molecule has 1 unspecified atom stereocenters. The largest absolute Gasteiger partial charge is 0.394 e. The molecule has 0 bridgehead atoms. The highest BCUT2D eigenvalue weighted by Crippen LogP contribution is 2.21. The quantitative estimate of drug-likeness (QED) is 0.0932. The summed E-state index contributed by atoms with van der Waals surface area (Å²) in [5, 5.41) is 27.7. The molecule has 0 saturated carbocycles. The van der Waals surface area contributed by atoms with Gasteiger partial charge in [0, 0.05) is 42.3 Å². The molecule has 0 radical (unpaired) electrons. The van der Waals surface area contributed by atoms with Gasteiger partial charge in [-0.3, -0.25) is 19.2 Å². The number of nitrogens with one attached hydrogen (secondary N) is 3. The average Bonchev–Trinajstić information content (AvgIpc) is 3.41. The van der Waals surface area contributed by atoms with Gasteiger partial charge in [0.1, 0.15) is 18.1 Å². The maximum Gasteiger partial charge on any atom is 0.246 e. The van der Waals surface area contributed by atoms with Crippen LogP contribution in [-0.2, 0) is 36.8 Å². The summed E-state index contributed by atoms with van der Waals surface area (Å²) in [4.78, 5) is 54.8. The van der Waals surface area contributed by atoms with Crippen molar-refractivity contribution in [3.05, 3.63) is 81.9 Å². The molecule has 1 aliphatic heterocycles. The Kier molecular flexibility index (Phi) is 14.8. The van der Waals surface area contributed by atoms with Crippen LogP contribution < -0.4 is 16.0 Å². The number of benzene rings is 2. The molecule has 1 heterocycles. The van der Waals surface area contributed by atoms with E-state index in [0.29, 0.717) is 6.42 Å². The van der Waals surface area contributed by atoms with E-state index in [1.807, 2.05) is 54.6 Å². The minimum atomic E-state index is -1.07. The molecule has 238 valence electrons. The van der Waals surface area contributed by atoms with Crippen molar-refractivity contribution < 1.29 is 34.1 Å². The highest BCUT2D eigenvalue weighted by atomic mass is 127. The van der Waals surface area contributed by atoms with Crippen molar-refractivity contribution in [2.24, 2.45) is 0 Å². The number of halogens is 1. The summed E-state index contributed by atoms with van der Waals surface area (Å²) < 4.78 is 6.14. The number of carbonyl (C=O) groups is 4. The van der Waals surface area contributed by atoms with Crippen molar-refractivity contribution in [2.75, 3.05) is 32.9 Å². The van der Waals surface area contributed by atoms with E-state index in [4.69, 9.17) is 9.84 Å². The zero-order valence-electron chi connectivity index (χ0n) is 24.6. The van der Waals surface area contributed by atoms with Gasteiger partial charge in [0.05, 0.1) is 25.9 Å². The first kappa shape index (κ1) is 35.2.